The average molecular weight is 231 g/mol. The van der Waals surface area contributed by atoms with Gasteiger partial charge in [-0.05, 0) is 0 Å². The molecule has 0 amide bonds. The van der Waals surface area contributed by atoms with Crippen molar-refractivity contribution in [3.63, 3.8) is 0 Å². The predicted molar refractivity (Wildman–Crippen MR) is 48.9 cm³/mol. The lowest BCUT2D eigenvalue weighted by atomic mass is 10.5. The predicted octanol–water partition coefficient (Wildman–Crippen LogP) is -0.424. The summed E-state index contributed by atoms with van der Waals surface area (Å²) in [7, 11) is -3.85. The largest absolute Gasteiger partial charge is 0.259 e. The first-order valence-corrected chi connectivity index (χ1v) is 5.85. The standard InChI is InChI=1S/C5H5N5O2S2/c6-14(11,12)5-3(8-10-9-5)4-7-1-2-13-4/h1-2H,(H2,6,11,12)(H,8,9,10). The Balaban J connectivity index is 2.62. The van der Waals surface area contributed by atoms with Crippen LogP contribution in [0.3, 0.4) is 0 Å². The second kappa shape index (κ2) is 3.12. The number of H-pyrrole nitrogens is 1. The average Bonchev–Trinajstić information content (AvgIpc) is 2.73. The molecule has 0 spiro atoms. The smallest absolute Gasteiger partial charge is 0.254 e. The summed E-state index contributed by atoms with van der Waals surface area (Å²) in [5, 5.41) is 16.1. The minimum atomic E-state index is -3.85. The van der Waals surface area contributed by atoms with E-state index in [1.165, 1.54) is 11.3 Å². The van der Waals surface area contributed by atoms with Crippen LogP contribution >= 0.6 is 11.3 Å². The minimum absolute atomic E-state index is 0.225. The third-order valence-electron chi connectivity index (χ3n) is 1.43. The van der Waals surface area contributed by atoms with E-state index in [2.05, 4.69) is 20.4 Å². The Morgan fingerprint density at radius 2 is 2.29 bits per heavy atom. The van der Waals surface area contributed by atoms with E-state index in [0.717, 1.165) is 0 Å². The zero-order chi connectivity index (χ0) is 10.2. The van der Waals surface area contributed by atoms with E-state index in [1.807, 2.05) is 0 Å². The number of aromatic nitrogens is 4. The summed E-state index contributed by atoms with van der Waals surface area (Å²) >= 11 is 1.27. The van der Waals surface area contributed by atoms with Crippen molar-refractivity contribution in [3.05, 3.63) is 11.6 Å². The van der Waals surface area contributed by atoms with Crippen LogP contribution in [0.5, 0.6) is 0 Å². The molecule has 0 fully saturated rings. The summed E-state index contributed by atoms with van der Waals surface area (Å²) in [6, 6.07) is 0. The maximum atomic E-state index is 11.0. The van der Waals surface area contributed by atoms with Crippen LogP contribution < -0.4 is 5.14 Å². The number of aromatic amines is 1. The summed E-state index contributed by atoms with van der Waals surface area (Å²) in [5.41, 5.74) is 0.225. The normalized spacial score (nSPS) is 11.8. The third-order valence-corrected chi connectivity index (χ3v) is 3.05. The van der Waals surface area contributed by atoms with Gasteiger partial charge in [0.1, 0.15) is 10.7 Å². The molecule has 0 saturated carbocycles. The van der Waals surface area contributed by atoms with E-state index in [1.54, 1.807) is 11.6 Å². The molecule has 9 heteroatoms. The molecule has 0 radical (unpaired) electrons. The van der Waals surface area contributed by atoms with Crippen LogP contribution in [-0.4, -0.2) is 28.8 Å². The maximum absolute atomic E-state index is 11.0. The fourth-order valence-corrected chi connectivity index (χ4v) is 2.18. The van der Waals surface area contributed by atoms with Crippen LogP contribution in [-0.2, 0) is 10.0 Å². The topological polar surface area (TPSA) is 115 Å². The highest BCUT2D eigenvalue weighted by atomic mass is 32.2. The summed E-state index contributed by atoms with van der Waals surface area (Å²) in [6.45, 7) is 0. The van der Waals surface area contributed by atoms with Crippen molar-refractivity contribution in [2.24, 2.45) is 5.14 Å². The van der Waals surface area contributed by atoms with Crippen molar-refractivity contribution in [2.75, 3.05) is 0 Å². The van der Waals surface area contributed by atoms with Gasteiger partial charge < -0.3 is 0 Å². The van der Waals surface area contributed by atoms with E-state index in [-0.39, 0.29) is 10.7 Å². The maximum Gasteiger partial charge on any atom is 0.259 e. The summed E-state index contributed by atoms with van der Waals surface area (Å²) in [4.78, 5) is 3.92. The fraction of sp³-hybridized carbons (Fsp3) is 0. The van der Waals surface area contributed by atoms with Gasteiger partial charge >= 0.3 is 0 Å². The molecule has 0 atom stereocenters. The van der Waals surface area contributed by atoms with Crippen LogP contribution in [0, 0.1) is 0 Å². The zero-order valence-electron chi connectivity index (χ0n) is 6.71. The van der Waals surface area contributed by atoms with Gasteiger partial charge in [0, 0.05) is 11.6 Å². The van der Waals surface area contributed by atoms with Crippen LogP contribution in [0.1, 0.15) is 0 Å². The third kappa shape index (κ3) is 1.52. The lowest BCUT2D eigenvalue weighted by Gasteiger charge is -1.93. The SMILES string of the molecule is NS(=O)(=O)c1nn[nH]c1-c1nccs1. The number of hydrogen-bond donors (Lipinski definition) is 2. The highest BCUT2D eigenvalue weighted by Crippen LogP contribution is 2.23. The molecule has 0 unspecified atom stereocenters. The second-order valence-electron chi connectivity index (χ2n) is 2.37. The first kappa shape index (κ1) is 9.24. The first-order chi connectivity index (χ1) is 6.59. The van der Waals surface area contributed by atoms with Crippen LogP contribution in [0.4, 0.5) is 0 Å². The van der Waals surface area contributed by atoms with Gasteiger partial charge in [0.25, 0.3) is 10.0 Å². The Morgan fingerprint density at radius 3 is 2.86 bits per heavy atom. The van der Waals surface area contributed by atoms with Gasteiger partial charge in [0.15, 0.2) is 0 Å². The second-order valence-corrected chi connectivity index (χ2v) is 4.75. The molecule has 0 aromatic carbocycles. The minimum Gasteiger partial charge on any atom is -0.254 e. The van der Waals surface area contributed by atoms with E-state index in [9.17, 15) is 8.42 Å². The number of thiazole rings is 1. The van der Waals surface area contributed by atoms with E-state index in [0.29, 0.717) is 5.01 Å². The molecule has 0 aliphatic carbocycles. The van der Waals surface area contributed by atoms with Gasteiger partial charge in [0.05, 0.1) is 0 Å². The Labute approximate surface area is 83.0 Å². The Bertz CT molecular complexity index is 528. The molecule has 0 bridgehead atoms. The molecule has 2 heterocycles. The van der Waals surface area contributed by atoms with E-state index >= 15 is 0 Å². The van der Waals surface area contributed by atoms with Gasteiger partial charge in [-0.3, -0.25) is 5.10 Å². The van der Waals surface area contributed by atoms with Gasteiger partial charge in [0.2, 0.25) is 5.03 Å². The molecule has 0 saturated heterocycles. The molecule has 2 aromatic heterocycles. The molecule has 14 heavy (non-hydrogen) atoms. The van der Waals surface area contributed by atoms with Gasteiger partial charge in [-0.25, -0.2) is 18.5 Å². The summed E-state index contributed by atoms with van der Waals surface area (Å²) in [5.74, 6) is 0. The molecule has 0 aliphatic rings. The molecule has 0 aliphatic heterocycles. The Morgan fingerprint density at radius 1 is 1.50 bits per heavy atom. The zero-order valence-corrected chi connectivity index (χ0v) is 8.34. The first-order valence-electron chi connectivity index (χ1n) is 3.43. The van der Waals surface area contributed by atoms with Crippen LogP contribution in [0.15, 0.2) is 16.6 Å². The fourth-order valence-electron chi connectivity index (χ4n) is 0.904. The van der Waals surface area contributed by atoms with Crippen molar-refractivity contribution in [1.29, 1.82) is 0 Å². The lowest BCUT2D eigenvalue weighted by Crippen LogP contribution is -2.13. The highest BCUT2D eigenvalue weighted by Gasteiger charge is 2.21. The van der Waals surface area contributed by atoms with Gasteiger partial charge in [-0.1, -0.05) is 5.21 Å². The number of nitrogens with two attached hydrogens (primary N) is 1. The number of rotatable bonds is 2. The molecule has 7 nitrogen and oxygen atoms in total. The summed E-state index contributed by atoms with van der Waals surface area (Å²) in [6.07, 6.45) is 1.55. The summed E-state index contributed by atoms with van der Waals surface area (Å²) < 4.78 is 22.1. The molecule has 74 valence electrons. The van der Waals surface area contributed by atoms with Gasteiger partial charge in [-0.2, -0.15) is 0 Å². The van der Waals surface area contributed by atoms with Crippen molar-refractivity contribution >= 4 is 21.4 Å². The molecule has 2 aromatic rings. The monoisotopic (exact) mass is 231 g/mol. The van der Waals surface area contributed by atoms with Crippen molar-refractivity contribution < 1.29 is 8.42 Å². The number of sulfonamides is 1. The molecular formula is C5H5N5O2S2. The molecule has 3 N–H and O–H groups in total. The quantitative estimate of drug-likeness (QED) is 0.728. The molecule has 2 rings (SSSR count). The highest BCUT2D eigenvalue weighted by molar-refractivity contribution is 7.89. The van der Waals surface area contributed by atoms with Crippen LogP contribution in [0.25, 0.3) is 10.7 Å². The van der Waals surface area contributed by atoms with Crippen molar-refractivity contribution in [1.82, 2.24) is 20.4 Å². The lowest BCUT2D eigenvalue weighted by molar-refractivity contribution is 0.594. The number of primary sulfonamides is 1. The molecular weight excluding hydrogens is 226 g/mol. The van der Waals surface area contributed by atoms with Gasteiger partial charge in [-0.15, -0.1) is 16.4 Å². The Kier molecular flexibility index (Phi) is 2.06. The van der Waals surface area contributed by atoms with Crippen LogP contribution in [0.2, 0.25) is 0 Å². The van der Waals surface area contributed by atoms with E-state index < -0.39 is 10.0 Å². The number of nitrogens with one attached hydrogen (secondary N) is 1. The van der Waals surface area contributed by atoms with E-state index in [4.69, 9.17) is 5.14 Å². The Hall–Kier alpha value is -1.32. The number of nitrogens with zero attached hydrogens (tertiary/aromatic N) is 3. The van der Waals surface area contributed by atoms with Crippen molar-refractivity contribution in [3.8, 4) is 10.7 Å². The van der Waals surface area contributed by atoms with Crippen molar-refractivity contribution in [2.45, 2.75) is 5.03 Å². The number of hydrogen-bond acceptors (Lipinski definition) is 6.